The van der Waals surface area contributed by atoms with Gasteiger partial charge >= 0.3 is 0 Å². The summed E-state index contributed by atoms with van der Waals surface area (Å²) in [5.74, 6) is 4.01. The fourth-order valence-electron chi connectivity index (χ4n) is 2.33. The van der Waals surface area contributed by atoms with Crippen LogP contribution in [0, 0.1) is 5.92 Å². The quantitative estimate of drug-likeness (QED) is 0.623. The number of fused-ring (bicyclic) bond motifs is 1. The van der Waals surface area contributed by atoms with Crippen LogP contribution in [0.5, 0.6) is 0 Å². The van der Waals surface area contributed by atoms with Crippen LogP contribution in [0.1, 0.15) is 12.1 Å². The van der Waals surface area contributed by atoms with Gasteiger partial charge in [0, 0.05) is 17.6 Å². The molecule has 2 nitrogen and oxygen atoms in total. The summed E-state index contributed by atoms with van der Waals surface area (Å²) in [6, 6.07) is 4.02. The predicted octanol–water partition coefficient (Wildman–Crippen LogP) is 4.18. The number of nitrogens with zero attached hydrogens (tertiary/aromatic N) is 2. The maximum atomic E-state index is 6.03. The Morgan fingerprint density at radius 1 is 1.39 bits per heavy atom. The summed E-state index contributed by atoms with van der Waals surface area (Å²) < 4.78 is 2.29. The molecule has 0 atom stereocenters. The fraction of sp³-hybridized carbons (Fsp3) is 0.462. The molecule has 1 fully saturated rings. The van der Waals surface area contributed by atoms with E-state index >= 15 is 0 Å². The van der Waals surface area contributed by atoms with Crippen LogP contribution in [-0.2, 0) is 12.4 Å². The van der Waals surface area contributed by atoms with Crippen LogP contribution in [-0.4, -0.2) is 21.1 Å². The molecule has 1 aliphatic heterocycles. The van der Waals surface area contributed by atoms with Gasteiger partial charge in [-0.25, -0.2) is 4.98 Å². The molecule has 2 aromatic rings. The highest BCUT2D eigenvalue weighted by Gasteiger charge is 2.18. The molecule has 1 saturated heterocycles. The van der Waals surface area contributed by atoms with Gasteiger partial charge in [-0.2, -0.15) is 11.8 Å². The first kappa shape index (κ1) is 12.6. The summed E-state index contributed by atoms with van der Waals surface area (Å²) in [5, 5.41) is 1.67. The third-order valence-electron chi connectivity index (χ3n) is 3.45. The number of aryl methyl sites for hydroxylation is 1. The maximum absolute atomic E-state index is 6.03. The molecular weight excluding hydrogens is 287 g/mol. The van der Waals surface area contributed by atoms with E-state index < -0.39 is 0 Å². The van der Waals surface area contributed by atoms with Crippen molar-refractivity contribution in [2.75, 3.05) is 11.5 Å². The highest BCUT2D eigenvalue weighted by molar-refractivity contribution is 8.00. The molecular formula is C13H14Cl2N2S. The van der Waals surface area contributed by atoms with Gasteiger partial charge in [0.2, 0.25) is 0 Å². The number of pyridine rings is 1. The minimum absolute atomic E-state index is 0.533. The highest BCUT2D eigenvalue weighted by atomic mass is 35.5. The van der Waals surface area contributed by atoms with E-state index in [9.17, 15) is 0 Å². The van der Waals surface area contributed by atoms with E-state index in [0.29, 0.717) is 11.0 Å². The van der Waals surface area contributed by atoms with Gasteiger partial charge in [-0.3, -0.25) is 0 Å². The molecule has 0 saturated carbocycles. The lowest BCUT2D eigenvalue weighted by atomic mass is 10.1. The van der Waals surface area contributed by atoms with Crippen molar-refractivity contribution in [1.29, 1.82) is 0 Å². The zero-order chi connectivity index (χ0) is 12.5. The Hall–Kier alpha value is -0.380. The smallest absolute Gasteiger partial charge is 0.129 e. The van der Waals surface area contributed by atoms with Gasteiger partial charge in [0.15, 0.2) is 0 Å². The first-order valence-corrected chi connectivity index (χ1v) is 8.12. The number of alkyl halides is 1. The first-order chi connectivity index (χ1) is 8.78. The fourth-order valence-corrected chi connectivity index (χ4v) is 3.62. The maximum Gasteiger partial charge on any atom is 0.129 e. The summed E-state index contributed by atoms with van der Waals surface area (Å²) in [6.45, 7) is 1.03. The van der Waals surface area contributed by atoms with E-state index in [1.54, 1.807) is 0 Å². The molecule has 2 aromatic heterocycles. The summed E-state index contributed by atoms with van der Waals surface area (Å²) in [7, 11) is 0. The molecule has 3 rings (SSSR count). The van der Waals surface area contributed by atoms with Gasteiger partial charge in [-0.05, 0) is 36.0 Å². The number of aromatic nitrogens is 2. The number of hydrogen-bond donors (Lipinski definition) is 0. The standard InChI is InChI=1S/C13H14Cl2N2S/c14-5-11-3-10-4-13(15)16-6-12(10)17(11)2-1-9-7-18-8-9/h3-4,6,9H,1-2,5,7-8H2. The molecule has 0 radical (unpaired) electrons. The lowest BCUT2D eigenvalue weighted by molar-refractivity contribution is 0.514. The van der Waals surface area contributed by atoms with E-state index in [0.717, 1.165) is 29.1 Å². The number of thioether (sulfide) groups is 1. The molecule has 5 heteroatoms. The lowest BCUT2D eigenvalue weighted by Crippen LogP contribution is -2.20. The lowest BCUT2D eigenvalue weighted by Gasteiger charge is -2.25. The van der Waals surface area contributed by atoms with Crippen molar-refractivity contribution in [2.24, 2.45) is 5.92 Å². The Bertz CT molecular complexity index is 563. The number of halogens is 2. The highest BCUT2D eigenvalue weighted by Crippen LogP contribution is 2.29. The van der Waals surface area contributed by atoms with Crippen molar-refractivity contribution >= 4 is 45.9 Å². The molecule has 0 spiro atoms. The third-order valence-corrected chi connectivity index (χ3v) is 5.34. The van der Waals surface area contributed by atoms with Crippen LogP contribution in [0.3, 0.4) is 0 Å². The van der Waals surface area contributed by atoms with E-state index in [2.05, 4.69) is 15.6 Å². The van der Waals surface area contributed by atoms with E-state index in [1.807, 2.05) is 24.0 Å². The molecule has 0 amide bonds. The minimum Gasteiger partial charge on any atom is -0.342 e. The molecule has 0 bridgehead atoms. The van der Waals surface area contributed by atoms with Crippen molar-refractivity contribution in [3.8, 4) is 0 Å². The second kappa shape index (κ2) is 5.32. The normalized spacial score (nSPS) is 16.1. The zero-order valence-electron chi connectivity index (χ0n) is 9.90. The van der Waals surface area contributed by atoms with Gasteiger partial charge in [0.1, 0.15) is 5.15 Å². The van der Waals surface area contributed by atoms with Gasteiger partial charge in [0.25, 0.3) is 0 Å². The largest absolute Gasteiger partial charge is 0.342 e. The van der Waals surface area contributed by atoms with Gasteiger partial charge in [-0.1, -0.05) is 11.6 Å². The summed E-state index contributed by atoms with van der Waals surface area (Å²) in [5.41, 5.74) is 2.30. The van der Waals surface area contributed by atoms with Crippen molar-refractivity contribution < 1.29 is 0 Å². The number of rotatable bonds is 4. The Morgan fingerprint density at radius 3 is 2.89 bits per heavy atom. The van der Waals surface area contributed by atoms with Crippen molar-refractivity contribution in [1.82, 2.24) is 9.55 Å². The monoisotopic (exact) mass is 300 g/mol. The van der Waals surface area contributed by atoms with Crippen LogP contribution in [0.2, 0.25) is 5.15 Å². The second-order valence-corrected chi connectivity index (χ2v) is 6.41. The van der Waals surface area contributed by atoms with Crippen molar-refractivity contribution in [2.45, 2.75) is 18.8 Å². The second-order valence-electron chi connectivity index (χ2n) is 4.68. The molecule has 3 heterocycles. The first-order valence-electron chi connectivity index (χ1n) is 6.05. The average Bonchev–Trinajstić information content (AvgIpc) is 2.64. The predicted molar refractivity (Wildman–Crippen MR) is 79.7 cm³/mol. The molecule has 0 N–H and O–H groups in total. The summed E-state index contributed by atoms with van der Waals surface area (Å²) >= 11 is 14.0. The van der Waals surface area contributed by atoms with Crippen LogP contribution in [0.15, 0.2) is 18.3 Å². The van der Waals surface area contributed by atoms with Gasteiger partial charge in [0.05, 0.1) is 17.6 Å². The summed E-state index contributed by atoms with van der Waals surface area (Å²) in [6.07, 6.45) is 3.08. The van der Waals surface area contributed by atoms with E-state index in [4.69, 9.17) is 23.2 Å². The Morgan fingerprint density at radius 2 is 2.22 bits per heavy atom. The van der Waals surface area contributed by atoms with Gasteiger partial charge in [-0.15, -0.1) is 11.6 Å². The molecule has 1 aliphatic rings. The van der Waals surface area contributed by atoms with E-state index in [-0.39, 0.29) is 0 Å². The average molecular weight is 301 g/mol. The van der Waals surface area contributed by atoms with E-state index in [1.165, 1.54) is 17.9 Å². The minimum atomic E-state index is 0.533. The molecule has 0 aliphatic carbocycles. The Kier molecular flexibility index (Phi) is 3.73. The van der Waals surface area contributed by atoms with Crippen LogP contribution in [0.25, 0.3) is 10.9 Å². The van der Waals surface area contributed by atoms with Gasteiger partial charge < -0.3 is 4.57 Å². The molecule has 0 unspecified atom stereocenters. The zero-order valence-corrected chi connectivity index (χ0v) is 12.2. The molecule has 0 aromatic carbocycles. The topological polar surface area (TPSA) is 17.8 Å². The van der Waals surface area contributed by atoms with Crippen molar-refractivity contribution in [3.05, 3.63) is 29.2 Å². The molecule has 96 valence electrons. The van der Waals surface area contributed by atoms with Crippen LogP contribution in [0.4, 0.5) is 0 Å². The SMILES string of the molecule is ClCc1cc2cc(Cl)ncc2n1CCC1CSC1. The van der Waals surface area contributed by atoms with Crippen LogP contribution < -0.4 is 0 Å². The number of hydrogen-bond acceptors (Lipinski definition) is 2. The Labute approximate surface area is 121 Å². The van der Waals surface area contributed by atoms with Crippen LogP contribution >= 0.6 is 35.0 Å². The third kappa shape index (κ3) is 2.36. The Balaban J connectivity index is 1.91. The molecule has 18 heavy (non-hydrogen) atoms. The summed E-state index contributed by atoms with van der Waals surface area (Å²) in [4.78, 5) is 4.17. The van der Waals surface area contributed by atoms with Crippen molar-refractivity contribution in [3.63, 3.8) is 0 Å².